The monoisotopic (exact) mass is 418 g/mol. The molecule has 4 aromatic carbocycles. The van der Waals surface area contributed by atoms with Crippen LogP contribution in [0.1, 0.15) is 0 Å². The van der Waals surface area contributed by atoms with Gasteiger partial charge in [0.05, 0.1) is 0 Å². The molecule has 0 saturated heterocycles. The number of fused-ring (bicyclic) bond motifs is 2. The maximum atomic E-state index is 7.72. The van der Waals surface area contributed by atoms with Gasteiger partial charge in [-0.2, -0.15) is 0 Å². The molecular weight excluding hydrogens is 398 g/mol. The lowest BCUT2D eigenvalue weighted by Gasteiger charge is -2.14. The van der Waals surface area contributed by atoms with Crippen molar-refractivity contribution in [3.8, 4) is 22.3 Å². The molecule has 0 aliphatic heterocycles. The topological polar surface area (TPSA) is 49.7 Å². The Kier molecular flexibility index (Phi) is 6.46. The van der Waals surface area contributed by atoms with Gasteiger partial charge in [0, 0.05) is 0 Å². The number of rotatable bonds is 4. The average molecular weight is 418 g/mol. The van der Waals surface area contributed by atoms with Gasteiger partial charge in [-0.3, -0.25) is 4.31 Å². The van der Waals surface area contributed by atoms with E-state index in [0.29, 0.717) is 0 Å². The van der Waals surface area contributed by atoms with Crippen molar-refractivity contribution in [1.82, 2.24) is 0 Å². The van der Waals surface area contributed by atoms with E-state index in [1.54, 1.807) is 0 Å². The predicted molar refractivity (Wildman–Crippen MR) is 121 cm³/mol. The van der Waals surface area contributed by atoms with Crippen LogP contribution in [0.15, 0.2) is 97.1 Å². The third-order valence-electron chi connectivity index (χ3n) is 4.91. The second kappa shape index (κ2) is 9.41. The molecule has 5 heteroatoms. The van der Waals surface area contributed by atoms with Crippen LogP contribution >= 0.6 is 18.1 Å². The fraction of sp³-hybridized carbons (Fsp3) is 0. The van der Waals surface area contributed by atoms with Crippen LogP contribution in [-0.2, 0) is 4.31 Å². The van der Waals surface area contributed by atoms with Crippen LogP contribution < -0.4 is 0 Å². The second-order valence-electron chi connectivity index (χ2n) is 6.51. The molecular formula is C24H20O3P2. The summed E-state index contributed by atoms with van der Waals surface area (Å²) in [7, 11) is -1.16. The van der Waals surface area contributed by atoms with Gasteiger partial charge in [-0.1, -0.05) is 84.9 Å². The molecule has 2 N–H and O–H groups in total. The molecule has 0 bridgehead atoms. The van der Waals surface area contributed by atoms with Crippen molar-refractivity contribution < 1.29 is 14.1 Å². The molecule has 29 heavy (non-hydrogen) atoms. The van der Waals surface area contributed by atoms with Crippen molar-refractivity contribution in [2.75, 3.05) is 0 Å². The van der Waals surface area contributed by atoms with Crippen LogP contribution in [0.5, 0.6) is 0 Å². The van der Waals surface area contributed by atoms with Gasteiger partial charge in [-0.25, -0.2) is 0 Å². The molecule has 0 heterocycles. The molecule has 3 nitrogen and oxygen atoms in total. The molecule has 5 rings (SSSR count). The molecule has 0 amide bonds. The lowest BCUT2D eigenvalue weighted by molar-refractivity contribution is 0.496. The number of benzene rings is 4. The fourth-order valence-corrected chi connectivity index (χ4v) is 3.84. The summed E-state index contributed by atoms with van der Waals surface area (Å²) in [5.74, 6) is 0. The van der Waals surface area contributed by atoms with E-state index in [9.17, 15) is 0 Å². The predicted octanol–water partition coefficient (Wildman–Crippen LogP) is 5.91. The van der Waals surface area contributed by atoms with Gasteiger partial charge >= 0.3 is 0 Å². The van der Waals surface area contributed by atoms with Gasteiger partial charge in [0.1, 0.15) is 0 Å². The highest BCUT2D eigenvalue weighted by Crippen LogP contribution is 2.31. The molecule has 0 spiro atoms. The van der Waals surface area contributed by atoms with Crippen LogP contribution in [0.2, 0.25) is 0 Å². The molecule has 2 unspecified atom stereocenters. The Balaban J connectivity index is 0.000000369. The zero-order chi connectivity index (χ0) is 20.1. The van der Waals surface area contributed by atoms with Crippen LogP contribution in [0.4, 0.5) is 0 Å². The molecule has 2 atom stereocenters. The van der Waals surface area contributed by atoms with Gasteiger partial charge in [-0.15, -0.1) is 0 Å². The first kappa shape index (κ1) is 19.9. The van der Waals surface area contributed by atoms with Crippen LogP contribution in [0, 0.1) is 20.9 Å². The summed E-state index contributed by atoms with van der Waals surface area (Å²) < 4.78 is 4.00. The summed E-state index contributed by atoms with van der Waals surface area (Å²) >= 11 is 0. The molecule has 0 saturated carbocycles. The second-order valence-corrected chi connectivity index (χ2v) is 7.69. The molecule has 1 aliphatic rings. The van der Waals surface area contributed by atoms with E-state index in [1.165, 1.54) is 43.1 Å². The van der Waals surface area contributed by atoms with E-state index in [1.807, 2.05) is 0 Å². The largest absolute Gasteiger partial charge is 0.352 e. The third-order valence-corrected chi connectivity index (χ3v) is 5.64. The van der Waals surface area contributed by atoms with Gasteiger partial charge in [0.15, 0.2) is 18.1 Å². The van der Waals surface area contributed by atoms with Crippen LogP contribution in [0.3, 0.4) is 0 Å². The van der Waals surface area contributed by atoms with Crippen molar-refractivity contribution in [2.24, 2.45) is 0 Å². The zero-order valence-corrected chi connectivity index (χ0v) is 17.5. The van der Waals surface area contributed by atoms with Gasteiger partial charge in [0.2, 0.25) is 0 Å². The lowest BCUT2D eigenvalue weighted by atomic mass is 9.90. The maximum Gasteiger partial charge on any atom is 0.158 e. The minimum Gasteiger partial charge on any atom is -0.352 e. The summed E-state index contributed by atoms with van der Waals surface area (Å²) in [6, 6.07) is 34.7. The Hall–Kier alpha value is -2.38. The Morgan fingerprint density at radius 1 is 0.517 bits per heavy atom. The van der Waals surface area contributed by atoms with Crippen LogP contribution in [0.25, 0.3) is 22.3 Å². The van der Waals surface area contributed by atoms with Crippen molar-refractivity contribution in [2.45, 2.75) is 0 Å². The minimum atomic E-state index is -0.580. The van der Waals surface area contributed by atoms with Gasteiger partial charge < -0.3 is 9.79 Å². The first-order valence-corrected chi connectivity index (χ1v) is 10.9. The maximum absolute atomic E-state index is 7.72. The molecule has 4 aromatic rings. The molecule has 0 radical (unpaired) electrons. The van der Waals surface area contributed by atoms with E-state index in [2.05, 4.69) is 101 Å². The summed E-state index contributed by atoms with van der Waals surface area (Å²) in [5.41, 5.74) is 5.15. The number of hydrogen-bond acceptors (Lipinski definition) is 3. The van der Waals surface area contributed by atoms with E-state index in [-0.39, 0.29) is 0 Å². The first-order valence-electron chi connectivity index (χ1n) is 9.16. The molecule has 144 valence electrons. The Bertz CT molecular complexity index is 1290. The Morgan fingerprint density at radius 2 is 1.07 bits per heavy atom. The summed E-state index contributed by atoms with van der Waals surface area (Å²) in [6.45, 7) is 0. The molecule has 0 fully saturated rings. The van der Waals surface area contributed by atoms with E-state index < -0.39 is 18.1 Å². The summed E-state index contributed by atoms with van der Waals surface area (Å²) in [5, 5.41) is 5.48. The Morgan fingerprint density at radius 3 is 1.66 bits per heavy atom. The highest BCUT2D eigenvalue weighted by molar-refractivity contribution is 7.39. The van der Waals surface area contributed by atoms with Gasteiger partial charge in [0.25, 0.3) is 0 Å². The standard InChI is InChI=1S/C24H16.H4O3P2/c1-3-9-17(10-4-1)19-15-22(18-11-5-2-6-12-18)24-21-14-8-7-13-20(21)23(24)16-19;1-4-3-5-2/h1-16H;1-2,4-5H. The quantitative estimate of drug-likeness (QED) is 0.357. The highest BCUT2D eigenvalue weighted by Gasteiger charge is 2.11. The highest BCUT2D eigenvalue weighted by atomic mass is 31.2. The van der Waals surface area contributed by atoms with Crippen molar-refractivity contribution in [3.63, 3.8) is 0 Å². The summed E-state index contributed by atoms with van der Waals surface area (Å²) in [6.07, 6.45) is 0. The van der Waals surface area contributed by atoms with Crippen molar-refractivity contribution >= 4 is 18.1 Å². The number of hydrogen-bond donors (Lipinski definition) is 2. The van der Waals surface area contributed by atoms with E-state index >= 15 is 0 Å². The summed E-state index contributed by atoms with van der Waals surface area (Å²) in [4.78, 5) is 15.4. The SMILES string of the molecule is OPOPO.c1ccc(-c2cc(-c3ccccc3)c3c(c2)=c2ccccc2=3)cc1. The smallest absolute Gasteiger partial charge is 0.158 e. The lowest BCUT2D eigenvalue weighted by Crippen LogP contribution is -1.96. The Labute approximate surface area is 172 Å². The van der Waals surface area contributed by atoms with Crippen molar-refractivity contribution in [3.05, 3.63) is 118 Å². The zero-order valence-electron chi connectivity index (χ0n) is 15.5. The average Bonchev–Trinajstić information content (AvgIpc) is 2.79. The van der Waals surface area contributed by atoms with Crippen LogP contribution in [-0.4, -0.2) is 9.79 Å². The van der Waals surface area contributed by atoms with Gasteiger partial charge in [-0.05, 0) is 55.3 Å². The fourth-order valence-electron chi connectivity index (χ4n) is 3.68. The van der Waals surface area contributed by atoms with E-state index in [4.69, 9.17) is 9.79 Å². The van der Waals surface area contributed by atoms with E-state index in [0.717, 1.165) is 0 Å². The third kappa shape index (κ3) is 4.16. The van der Waals surface area contributed by atoms with Crippen molar-refractivity contribution in [1.29, 1.82) is 0 Å². The minimum absolute atomic E-state index is 0.580. The molecule has 1 aliphatic carbocycles. The molecule has 0 aromatic heterocycles. The normalized spacial score (nSPS) is 11.7. The first-order chi connectivity index (χ1) is 14.3.